The van der Waals surface area contributed by atoms with Crippen molar-refractivity contribution >= 4 is 5.97 Å². The van der Waals surface area contributed by atoms with E-state index in [-0.39, 0.29) is 5.82 Å². The predicted octanol–water partition coefficient (Wildman–Crippen LogP) is 7.88. The van der Waals surface area contributed by atoms with E-state index >= 15 is 4.39 Å². The molecule has 0 saturated heterocycles. The van der Waals surface area contributed by atoms with E-state index in [1.165, 1.54) is 19.3 Å². The zero-order valence-corrected chi connectivity index (χ0v) is 26.1. The smallest absolute Gasteiger partial charge is 0.306 e. The largest absolute Gasteiger partial charge is 0.485 e. The fourth-order valence-corrected chi connectivity index (χ4v) is 5.05. The molecule has 2 atom stereocenters. The number of carboxylic acid groups (broad SMARTS) is 1. The fraction of sp³-hybridized carbons (Fsp3) is 0.444. The maximum atomic E-state index is 15.8. The number of nitrogens with zero attached hydrogens (tertiary/aromatic N) is 2. The number of methoxy groups -OCH3 is 1. The van der Waals surface area contributed by atoms with E-state index in [0.29, 0.717) is 42.6 Å². The van der Waals surface area contributed by atoms with Crippen LogP contribution >= 0.6 is 0 Å². The van der Waals surface area contributed by atoms with Crippen molar-refractivity contribution in [2.45, 2.75) is 84.9 Å². The Morgan fingerprint density at radius 1 is 1.14 bits per heavy atom. The highest BCUT2D eigenvalue weighted by atomic mass is 19.1. The first-order valence-electron chi connectivity index (χ1n) is 15.1. The van der Waals surface area contributed by atoms with Crippen LogP contribution in [0.4, 0.5) is 4.39 Å². The van der Waals surface area contributed by atoms with Crippen molar-refractivity contribution < 1.29 is 23.8 Å². The number of aryl methyl sites for hydroxylation is 1. The first-order chi connectivity index (χ1) is 20.7. The maximum Gasteiger partial charge on any atom is 0.306 e. The van der Waals surface area contributed by atoms with Crippen molar-refractivity contribution in [3.05, 3.63) is 76.7 Å². The molecular formula is C36H45FN2O4. The number of fused-ring (bicyclic) bond motifs is 1. The first-order valence-corrected chi connectivity index (χ1v) is 15.1. The summed E-state index contributed by atoms with van der Waals surface area (Å²) in [4.78, 5) is 17.9. The second-order valence-electron chi connectivity index (χ2n) is 11.4. The number of terminal acetylenes is 1. The lowest BCUT2D eigenvalue weighted by atomic mass is 9.91. The number of pyridine rings is 1. The lowest BCUT2D eigenvalue weighted by Gasteiger charge is -2.30. The highest BCUT2D eigenvalue weighted by molar-refractivity contribution is 5.70. The number of aromatic nitrogens is 1. The quantitative estimate of drug-likeness (QED) is 0.243. The van der Waals surface area contributed by atoms with Gasteiger partial charge in [-0.2, -0.15) is 0 Å². The van der Waals surface area contributed by atoms with Crippen molar-refractivity contribution in [3.63, 3.8) is 0 Å². The van der Waals surface area contributed by atoms with Crippen LogP contribution in [-0.4, -0.2) is 40.7 Å². The third-order valence-electron chi connectivity index (χ3n) is 7.73. The van der Waals surface area contributed by atoms with Gasteiger partial charge < -0.3 is 14.6 Å². The number of ether oxygens (including phenoxy) is 2. The van der Waals surface area contributed by atoms with E-state index in [0.717, 1.165) is 40.8 Å². The molecule has 0 radical (unpaired) electrons. The minimum atomic E-state index is -0.828. The second-order valence-corrected chi connectivity index (χ2v) is 11.4. The third kappa shape index (κ3) is 9.30. The average Bonchev–Trinajstić information content (AvgIpc) is 3.91. The Labute approximate surface area is 256 Å². The molecule has 1 N–H and O–H groups in total. The molecular weight excluding hydrogens is 543 g/mol. The molecule has 0 spiro atoms. The molecule has 2 aromatic carbocycles. The fourth-order valence-electron chi connectivity index (χ4n) is 5.05. The van der Waals surface area contributed by atoms with Crippen molar-refractivity contribution in [2.24, 2.45) is 5.92 Å². The molecule has 2 aliphatic rings. The molecule has 1 aliphatic carbocycles. The standard InChI is InChI=1S/C31H37FN2O4.C3H6.C2H2/c1-6-34(19(2)3)18-24-15-26(27(32)17-25(24)23-11-12-33-30(16-23)37-5)28-10-9-22-8-7-21(14-29(22)38-28)13-20(4)31(35)36;1-2-3-1;1-2/h7-8,11-12,14-17,19-20,28H,6,9-10,13,18H2,1-5H3,(H,35,36);1-3H2;1-2H/t20-,28?;;/m0../s1. The number of carbonyl (C=O) groups is 1. The number of hydrogen-bond donors (Lipinski definition) is 1. The van der Waals surface area contributed by atoms with Crippen molar-refractivity contribution in [3.8, 4) is 35.6 Å². The summed E-state index contributed by atoms with van der Waals surface area (Å²) in [5.41, 5.74) is 5.18. The Bertz CT molecular complexity index is 1380. The van der Waals surface area contributed by atoms with Crippen LogP contribution in [0.2, 0.25) is 0 Å². The molecule has 2 heterocycles. The number of hydrogen-bond acceptors (Lipinski definition) is 5. The minimum absolute atomic E-state index is 0.309. The Balaban J connectivity index is 0.000000934. The summed E-state index contributed by atoms with van der Waals surface area (Å²) in [6.45, 7) is 9.68. The maximum absolute atomic E-state index is 15.8. The number of carboxylic acids is 1. The molecule has 6 nitrogen and oxygen atoms in total. The Kier molecular flexibility index (Phi) is 12.6. The summed E-state index contributed by atoms with van der Waals surface area (Å²) < 4.78 is 27.5. The van der Waals surface area contributed by atoms with Gasteiger partial charge in [0.2, 0.25) is 5.88 Å². The first kappa shape index (κ1) is 33.6. The summed E-state index contributed by atoms with van der Waals surface area (Å²) >= 11 is 0. The van der Waals surface area contributed by atoms with Gasteiger partial charge in [-0.25, -0.2) is 9.37 Å². The van der Waals surface area contributed by atoms with Crippen LogP contribution in [0.25, 0.3) is 11.1 Å². The van der Waals surface area contributed by atoms with E-state index in [2.05, 4.69) is 43.5 Å². The number of halogens is 1. The van der Waals surface area contributed by atoms with Crippen LogP contribution in [0.5, 0.6) is 11.6 Å². The highest BCUT2D eigenvalue weighted by Crippen LogP contribution is 2.39. The van der Waals surface area contributed by atoms with Gasteiger partial charge in [0.15, 0.2) is 0 Å². The van der Waals surface area contributed by atoms with Crippen LogP contribution in [-0.2, 0) is 24.2 Å². The molecule has 1 saturated carbocycles. The van der Waals surface area contributed by atoms with Gasteiger partial charge in [0.1, 0.15) is 17.7 Å². The predicted molar refractivity (Wildman–Crippen MR) is 170 cm³/mol. The summed E-state index contributed by atoms with van der Waals surface area (Å²) in [5, 5.41) is 9.29. The number of aliphatic carboxylic acids is 1. The summed E-state index contributed by atoms with van der Waals surface area (Å²) in [6, 6.07) is 13.5. The monoisotopic (exact) mass is 588 g/mol. The van der Waals surface area contributed by atoms with Gasteiger partial charge >= 0.3 is 5.97 Å². The van der Waals surface area contributed by atoms with Gasteiger partial charge in [0.05, 0.1) is 13.0 Å². The van der Waals surface area contributed by atoms with Gasteiger partial charge in [0, 0.05) is 30.4 Å². The second kappa shape index (κ2) is 16.1. The van der Waals surface area contributed by atoms with Crippen LogP contribution in [0.3, 0.4) is 0 Å². The van der Waals surface area contributed by atoms with Crippen molar-refractivity contribution in [1.29, 1.82) is 0 Å². The number of benzene rings is 2. The minimum Gasteiger partial charge on any atom is -0.485 e. The summed E-state index contributed by atoms with van der Waals surface area (Å²) in [7, 11) is 1.57. The molecule has 5 rings (SSSR count). The van der Waals surface area contributed by atoms with Gasteiger partial charge in [-0.1, -0.05) is 45.2 Å². The Hall–Kier alpha value is -3.89. The van der Waals surface area contributed by atoms with Crippen LogP contribution in [0.15, 0.2) is 48.7 Å². The highest BCUT2D eigenvalue weighted by Gasteiger charge is 2.27. The molecule has 1 aromatic heterocycles. The van der Waals surface area contributed by atoms with E-state index in [4.69, 9.17) is 9.47 Å². The molecule has 0 bridgehead atoms. The third-order valence-corrected chi connectivity index (χ3v) is 7.73. The topological polar surface area (TPSA) is 71.9 Å². The molecule has 1 aliphatic heterocycles. The van der Waals surface area contributed by atoms with E-state index in [9.17, 15) is 9.90 Å². The molecule has 1 unspecified atom stereocenters. The van der Waals surface area contributed by atoms with Crippen molar-refractivity contribution in [1.82, 2.24) is 9.88 Å². The average molecular weight is 589 g/mol. The SMILES string of the molecule is C#C.C1CC1.CCN(Cc1cc(C2CCc3ccc(C[C@H](C)C(=O)O)cc3O2)c(F)cc1-c1ccnc(OC)c1)C(C)C. The van der Waals surface area contributed by atoms with Gasteiger partial charge in [-0.3, -0.25) is 9.69 Å². The Morgan fingerprint density at radius 2 is 1.86 bits per heavy atom. The summed E-state index contributed by atoms with van der Waals surface area (Å²) in [6.07, 6.45) is 15.6. The van der Waals surface area contributed by atoms with E-state index in [1.807, 2.05) is 36.4 Å². The molecule has 0 amide bonds. The zero-order chi connectivity index (χ0) is 31.5. The van der Waals surface area contributed by atoms with Crippen molar-refractivity contribution in [2.75, 3.05) is 13.7 Å². The number of rotatable bonds is 10. The van der Waals surface area contributed by atoms with E-state index < -0.39 is 18.0 Å². The normalized spacial score (nSPS) is 15.6. The van der Waals surface area contributed by atoms with Gasteiger partial charge in [0.25, 0.3) is 0 Å². The molecule has 230 valence electrons. The zero-order valence-electron chi connectivity index (χ0n) is 26.1. The Morgan fingerprint density at radius 3 is 2.47 bits per heavy atom. The lowest BCUT2D eigenvalue weighted by molar-refractivity contribution is -0.141. The molecule has 43 heavy (non-hydrogen) atoms. The molecule has 3 aromatic rings. The van der Waals surface area contributed by atoms with Crippen LogP contribution in [0, 0.1) is 24.6 Å². The molecule has 1 fully saturated rings. The van der Waals surface area contributed by atoms with E-state index in [1.54, 1.807) is 26.3 Å². The van der Waals surface area contributed by atoms with Gasteiger partial charge in [-0.15, -0.1) is 12.8 Å². The molecule has 7 heteroatoms. The van der Waals surface area contributed by atoms with Gasteiger partial charge in [-0.05, 0) is 91.7 Å². The van der Waals surface area contributed by atoms with Crippen LogP contribution in [0.1, 0.15) is 81.7 Å². The lowest BCUT2D eigenvalue weighted by Crippen LogP contribution is -2.30. The summed E-state index contributed by atoms with van der Waals surface area (Å²) in [5.74, 6) is -0.442. The van der Waals surface area contributed by atoms with Crippen LogP contribution < -0.4 is 9.47 Å².